The van der Waals surface area contributed by atoms with Crippen LogP contribution >= 0.6 is 11.6 Å². The van der Waals surface area contributed by atoms with Gasteiger partial charge in [-0.2, -0.15) is 4.98 Å². The molecule has 1 aliphatic heterocycles. The standard InChI is InChI=1S/C20H24ClN5/c1-14-9-11-26(12-15-6-4-3-5-7-15)13-17(14)25(2)20-23-18(21)16-8-10-22-19(16)24-20/h3-8,10,14,17H,9,11-13H2,1-2H3,(H,22,23,24)/t14-,17-/m1/s1. The summed E-state index contributed by atoms with van der Waals surface area (Å²) in [6.45, 7) is 5.42. The Morgan fingerprint density at radius 2 is 2.04 bits per heavy atom. The average Bonchev–Trinajstić information content (AvgIpc) is 3.13. The largest absolute Gasteiger partial charge is 0.346 e. The van der Waals surface area contributed by atoms with E-state index in [-0.39, 0.29) is 0 Å². The number of halogens is 1. The molecule has 3 aromatic rings. The number of benzene rings is 1. The van der Waals surface area contributed by atoms with E-state index in [9.17, 15) is 0 Å². The van der Waals surface area contributed by atoms with Crippen LogP contribution < -0.4 is 4.90 Å². The lowest BCUT2D eigenvalue weighted by Crippen LogP contribution is -2.51. The van der Waals surface area contributed by atoms with Crippen molar-refractivity contribution in [1.82, 2.24) is 19.9 Å². The van der Waals surface area contributed by atoms with Crippen molar-refractivity contribution in [3.05, 3.63) is 53.3 Å². The zero-order valence-electron chi connectivity index (χ0n) is 15.2. The molecule has 1 fully saturated rings. The Balaban J connectivity index is 1.54. The Hall–Kier alpha value is -2.11. The number of hydrogen-bond acceptors (Lipinski definition) is 4. The van der Waals surface area contributed by atoms with Crippen LogP contribution in [0.5, 0.6) is 0 Å². The van der Waals surface area contributed by atoms with E-state index in [2.05, 4.69) is 69.1 Å². The van der Waals surface area contributed by atoms with Gasteiger partial charge in [-0.05, 0) is 30.5 Å². The van der Waals surface area contributed by atoms with E-state index in [1.165, 1.54) is 12.0 Å². The highest BCUT2D eigenvalue weighted by Gasteiger charge is 2.30. The summed E-state index contributed by atoms with van der Waals surface area (Å²) in [6.07, 6.45) is 3.01. The van der Waals surface area contributed by atoms with E-state index in [0.29, 0.717) is 23.1 Å². The van der Waals surface area contributed by atoms with Crippen LogP contribution in [-0.4, -0.2) is 46.0 Å². The molecule has 1 saturated heterocycles. The first-order valence-electron chi connectivity index (χ1n) is 9.11. The van der Waals surface area contributed by atoms with Crippen molar-refractivity contribution in [3.8, 4) is 0 Å². The number of aromatic amines is 1. The number of piperidine rings is 1. The number of rotatable bonds is 4. The molecule has 2 atom stereocenters. The van der Waals surface area contributed by atoms with Gasteiger partial charge >= 0.3 is 0 Å². The van der Waals surface area contributed by atoms with Gasteiger partial charge in [0.1, 0.15) is 10.8 Å². The first-order valence-corrected chi connectivity index (χ1v) is 9.49. The molecule has 5 nitrogen and oxygen atoms in total. The predicted octanol–water partition coefficient (Wildman–Crippen LogP) is 3.96. The van der Waals surface area contributed by atoms with Crippen LogP contribution in [0.1, 0.15) is 18.9 Å². The number of fused-ring (bicyclic) bond motifs is 1. The van der Waals surface area contributed by atoms with E-state index < -0.39 is 0 Å². The number of likely N-dealkylation sites (tertiary alicyclic amines) is 1. The van der Waals surface area contributed by atoms with Gasteiger partial charge in [0, 0.05) is 32.4 Å². The van der Waals surface area contributed by atoms with E-state index in [1.54, 1.807) is 0 Å². The number of hydrogen-bond donors (Lipinski definition) is 1. The monoisotopic (exact) mass is 369 g/mol. The van der Waals surface area contributed by atoms with Crippen LogP contribution in [0.4, 0.5) is 5.95 Å². The molecule has 0 spiro atoms. The second kappa shape index (κ2) is 7.25. The quantitative estimate of drug-likeness (QED) is 0.707. The molecule has 1 aromatic carbocycles. The highest BCUT2D eigenvalue weighted by atomic mass is 35.5. The third-order valence-electron chi connectivity index (χ3n) is 5.42. The van der Waals surface area contributed by atoms with Crippen molar-refractivity contribution in [2.24, 2.45) is 5.92 Å². The lowest BCUT2D eigenvalue weighted by molar-refractivity contribution is 0.158. The Labute approximate surface area is 159 Å². The molecule has 1 N–H and O–H groups in total. The van der Waals surface area contributed by atoms with Gasteiger partial charge in [0.2, 0.25) is 5.95 Å². The molecule has 6 heteroatoms. The van der Waals surface area contributed by atoms with Gasteiger partial charge in [0.25, 0.3) is 0 Å². The molecule has 4 rings (SSSR count). The van der Waals surface area contributed by atoms with Crippen LogP contribution in [0, 0.1) is 5.92 Å². The van der Waals surface area contributed by atoms with Crippen molar-refractivity contribution in [3.63, 3.8) is 0 Å². The molecule has 0 amide bonds. The summed E-state index contributed by atoms with van der Waals surface area (Å²) in [7, 11) is 2.08. The normalized spacial score (nSPS) is 21.2. The van der Waals surface area contributed by atoms with E-state index in [1.807, 2.05) is 12.3 Å². The summed E-state index contributed by atoms with van der Waals surface area (Å²) < 4.78 is 0. The average molecular weight is 370 g/mol. The summed E-state index contributed by atoms with van der Waals surface area (Å²) in [5.41, 5.74) is 2.15. The van der Waals surface area contributed by atoms with Crippen molar-refractivity contribution in [2.75, 3.05) is 25.0 Å². The summed E-state index contributed by atoms with van der Waals surface area (Å²) in [5.74, 6) is 1.26. The van der Waals surface area contributed by atoms with Gasteiger partial charge in [-0.15, -0.1) is 0 Å². The van der Waals surface area contributed by atoms with Crippen molar-refractivity contribution >= 4 is 28.6 Å². The molecule has 3 heterocycles. The zero-order chi connectivity index (χ0) is 18.1. The summed E-state index contributed by atoms with van der Waals surface area (Å²) >= 11 is 6.35. The van der Waals surface area contributed by atoms with E-state index in [0.717, 1.165) is 30.7 Å². The minimum Gasteiger partial charge on any atom is -0.346 e. The fourth-order valence-corrected chi connectivity index (χ4v) is 4.03. The SMILES string of the molecule is C[C@@H]1CCN(Cc2ccccc2)C[C@H]1N(C)c1nc(Cl)c2cc[nH]c2n1. The maximum absolute atomic E-state index is 6.35. The lowest BCUT2D eigenvalue weighted by atomic mass is 9.92. The molecule has 1 aliphatic rings. The number of anilines is 1. The third kappa shape index (κ3) is 3.41. The number of likely N-dealkylation sites (N-methyl/N-ethyl adjacent to an activating group) is 1. The van der Waals surface area contributed by atoms with E-state index in [4.69, 9.17) is 11.6 Å². The summed E-state index contributed by atoms with van der Waals surface area (Å²) in [5, 5.41) is 1.37. The highest BCUT2D eigenvalue weighted by molar-refractivity contribution is 6.34. The first-order chi connectivity index (χ1) is 12.6. The molecule has 2 aromatic heterocycles. The maximum atomic E-state index is 6.35. The Morgan fingerprint density at radius 1 is 1.23 bits per heavy atom. The van der Waals surface area contributed by atoms with Crippen LogP contribution in [0.15, 0.2) is 42.6 Å². The maximum Gasteiger partial charge on any atom is 0.228 e. The fourth-order valence-electron chi connectivity index (χ4n) is 3.80. The lowest BCUT2D eigenvalue weighted by Gasteiger charge is -2.41. The molecule has 0 saturated carbocycles. The molecule has 0 aliphatic carbocycles. The van der Waals surface area contributed by atoms with Gasteiger partial charge in [0.05, 0.1) is 5.39 Å². The van der Waals surface area contributed by atoms with Gasteiger partial charge in [-0.1, -0.05) is 48.9 Å². The molecule has 0 unspecified atom stereocenters. The number of aromatic nitrogens is 3. The summed E-state index contributed by atoms with van der Waals surface area (Å²) in [6, 6.07) is 12.9. The third-order valence-corrected chi connectivity index (χ3v) is 5.71. The predicted molar refractivity (Wildman–Crippen MR) is 107 cm³/mol. The topological polar surface area (TPSA) is 48.0 Å². The van der Waals surface area contributed by atoms with Gasteiger partial charge in [-0.3, -0.25) is 4.90 Å². The smallest absolute Gasteiger partial charge is 0.228 e. The minimum atomic E-state index is 0.357. The van der Waals surface area contributed by atoms with Crippen LogP contribution in [0.3, 0.4) is 0 Å². The van der Waals surface area contributed by atoms with Gasteiger partial charge < -0.3 is 9.88 Å². The van der Waals surface area contributed by atoms with Gasteiger partial charge in [-0.25, -0.2) is 4.98 Å². The van der Waals surface area contributed by atoms with Gasteiger partial charge in [0.15, 0.2) is 0 Å². The molecule has 136 valence electrons. The van der Waals surface area contributed by atoms with Crippen molar-refractivity contribution in [2.45, 2.75) is 25.9 Å². The van der Waals surface area contributed by atoms with Crippen LogP contribution in [-0.2, 0) is 6.54 Å². The molecule has 26 heavy (non-hydrogen) atoms. The van der Waals surface area contributed by atoms with Crippen LogP contribution in [0.2, 0.25) is 5.15 Å². The summed E-state index contributed by atoms with van der Waals surface area (Å²) in [4.78, 5) is 17.1. The minimum absolute atomic E-state index is 0.357. The van der Waals surface area contributed by atoms with Crippen molar-refractivity contribution < 1.29 is 0 Å². The highest BCUT2D eigenvalue weighted by Crippen LogP contribution is 2.27. The Bertz CT molecular complexity index is 878. The number of nitrogens with one attached hydrogen (secondary N) is 1. The Kier molecular flexibility index (Phi) is 4.83. The van der Waals surface area contributed by atoms with Crippen LogP contribution in [0.25, 0.3) is 11.0 Å². The molecular weight excluding hydrogens is 346 g/mol. The second-order valence-electron chi connectivity index (χ2n) is 7.22. The first kappa shape index (κ1) is 17.3. The van der Waals surface area contributed by atoms with Crippen molar-refractivity contribution in [1.29, 1.82) is 0 Å². The fraction of sp³-hybridized carbons (Fsp3) is 0.400. The number of nitrogens with zero attached hydrogens (tertiary/aromatic N) is 4. The molecule has 0 bridgehead atoms. The van der Waals surface area contributed by atoms with E-state index >= 15 is 0 Å². The Morgan fingerprint density at radius 3 is 2.85 bits per heavy atom. The molecular formula is C20H24ClN5. The number of H-pyrrole nitrogens is 1. The second-order valence-corrected chi connectivity index (χ2v) is 7.58. The molecule has 0 radical (unpaired) electrons. The zero-order valence-corrected chi connectivity index (χ0v) is 15.9.